The van der Waals surface area contributed by atoms with Gasteiger partial charge < -0.3 is 9.80 Å². The minimum Gasteiger partial charge on any atom is -0.350 e. The fourth-order valence-electron chi connectivity index (χ4n) is 5.98. The normalized spacial score (nSPS) is 15.1. The molecule has 0 spiro atoms. The molecule has 1 fully saturated rings. The summed E-state index contributed by atoms with van der Waals surface area (Å²) >= 11 is 0. The fourth-order valence-corrected chi connectivity index (χ4v) is 5.98. The Bertz CT molecular complexity index is 1910. The number of benzene rings is 1. The Hall–Kier alpha value is -4.60. The van der Waals surface area contributed by atoms with E-state index in [0.29, 0.717) is 27.9 Å². The molecule has 0 N–H and O–H groups in total. The number of halogens is 2. The van der Waals surface area contributed by atoms with E-state index in [9.17, 15) is 14.0 Å². The highest BCUT2D eigenvalue weighted by Gasteiger charge is 2.32. The monoisotopic (exact) mass is 618 g/mol. The molecule has 1 aliphatic heterocycles. The SMILES string of the molecule is [B]C([B])=Cc1ccccc1-c1nc2c(cc1F)c(N1CCN(C(=O)C(=C)F)C[C@@H]1C)nc(=O)n2-c1c(C(C)C)ccnc1C(C)C. The van der Waals surface area contributed by atoms with Crippen LogP contribution in [-0.2, 0) is 4.79 Å². The van der Waals surface area contributed by atoms with Gasteiger partial charge in [0.15, 0.2) is 11.5 Å². The second kappa shape index (κ2) is 13.0. The Morgan fingerprint density at radius 2 is 1.80 bits per heavy atom. The predicted molar refractivity (Wildman–Crippen MR) is 180 cm³/mol. The smallest absolute Gasteiger partial charge is 0.350 e. The van der Waals surface area contributed by atoms with Crippen LogP contribution in [0.5, 0.6) is 0 Å². The summed E-state index contributed by atoms with van der Waals surface area (Å²) in [7, 11) is 11.6. The van der Waals surface area contributed by atoms with E-state index in [1.165, 1.54) is 21.6 Å². The van der Waals surface area contributed by atoms with Gasteiger partial charge >= 0.3 is 5.69 Å². The number of rotatable bonds is 7. The Kier molecular flexibility index (Phi) is 9.28. The number of carbonyl (C=O) groups is 1. The third kappa shape index (κ3) is 6.12. The molecule has 0 saturated carbocycles. The largest absolute Gasteiger partial charge is 0.355 e. The van der Waals surface area contributed by atoms with Crippen molar-refractivity contribution < 1.29 is 13.6 Å². The molecule has 1 amide bonds. The summed E-state index contributed by atoms with van der Waals surface area (Å²) in [5, 5.41) is 0.334. The number of pyridine rings is 2. The molecular formula is C34H34B2F2N6O2. The molecule has 1 aromatic carbocycles. The maximum atomic E-state index is 16.3. The number of aromatic nitrogens is 4. The lowest BCUT2D eigenvalue weighted by atomic mass is 9.77. The van der Waals surface area contributed by atoms with Crippen molar-refractivity contribution in [3.8, 4) is 16.9 Å². The lowest BCUT2D eigenvalue weighted by Crippen LogP contribution is -2.54. The van der Waals surface area contributed by atoms with Crippen molar-refractivity contribution in [3.63, 3.8) is 0 Å². The summed E-state index contributed by atoms with van der Waals surface area (Å²) in [6.45, 7) is 13.5. The lowest BCUT2D eigenvalue weighted by Gasteiger charge is -2.40. The van der Waals surface area contributed by atoms with E-state index in [-0.39, 0.29) is 60.0 Å². The summed E-state index contributed by atoms with van der Waals surface area (Å²) in [6, 6.07) is 9.78. The maximum absolute atomic E-state index is 16.3. The maximum Gasteiger partial charge on any atom is 0.355 e. The minimum atomic E-state index is -1.05. The Labute approximate surface area is 269 Å². The van der Waals surface area contributed by atoms with Crippen molar-refractivity contribution in [2.75, 3.05) is 24.5 Å². The van der Waals surface area contributed by atoms with Crippen LogP contribution >= 0.6 is 0 Å². The van der Waals surface area contributed by atoms with Crippen LogP contribution in [0.2, 0.25) is 0 Å². The van der Waals surface area contributed by atoms with Gasteiger partial charge in [-0.05, 0) is 42.0 Å². The predicted octanol–water partition coefficient (Wildman–Crippen LogP) is 5.38. The molecule has 4 radical (unpaired) electrons. The molecular weight excluding hydrogens is 584 g/mol. The summed E-state index contributed by atoms with van der Waals surface area (Å²) in [6.07, 6.45) is 3.24. The van der Waals surface area contributed by atoms with Crippen LogP contribution in [0.25, 0.3) is 34.1 Å². The first-order chi connectivity index (χ1) is 21.8. The Morgan fingerprint density at radius 3 is 2.43 bits per heavy atom. The van der Waals surface area contributed by atoms with Crippen molar-refractivity contribution in [2.24, 2.45) is 0 Å². The van der Waals surface area contributed by atoms with Gasteiger partial charge in [0.1, 0.15) is 17.3 Å². The van der Waals surface area contributed by atoms with Gasteiger partial charge in [0, 0.05) is 37.4 Å². The molecule has 1 atom stereocenters. The number of nitrogens with zero attached hydrogens (tertiary/aromatic N) is 6. The van der Waals surface area contributed by atoms with Crippen molar-refractivity contribution >= 4 is 44.5 Å². The van der Waals surface area contributed by atoms with Crippen LogP contribution < -0.4 is 10.6 Å². The molecule has 1 aliphatic rings. The lowest BCUT2D eigenvalue weighted by molar-refractivity contribution is -0.129. The van der Waals surface area contributed by atoms with E-state index in [2.05, 4.69) is 16.5 Å². The standard InChI is InChI=1S/C34H34B2F2N6O2/c1-18(2)23-11-12-39-28(19(3)4)30(23)44-32-25(16-26(38)29(40-32)24-10-8-7-9-22(24)15-27(35)36)31(41-34(44)46)43-14-13-42(17-20(43)5)33(45)21(6)37/h7-12,15-16,18-20H,6,13-14,17H2,1-5H3/t20-/m0/s1. The van der Waals surface area contributed by atoms with Crippen molar-refractivity contribution in [1.82, 2.24) is 24.4 Å². The highest BCUT2D eigenvalue weighted by atomic mass is 19.1. The molecule has 8 nitrogen and oxygen atoms in total. The van der Waals surface area contributed by atoms with Gasteiger partial charge in [-0.1, -0.05) is 64.6 Å². The van der Waals surface area contributed by atoms with Crippen LogP contribution in [0.15, 0.2) is 65.2 Å². The molecule has 4 aromatic rings. The number of amides is 1. The van der Waals surface area contributed by atoms with Gasteiger partial charge in [0.2, 0.25) is 0 Å². The molecule has 46 heavy (non-hydrogen) atoms. The first kappa shape index (κ1) is 32.8. The molecule has 0 bridgehead atoms. The number of fused-ring (bicyclic) bond motifs is 1. The molecule has 3 aromatic heterocycles. The number of anilines is 1. The quantitative estimate of drug-likeness (QED) is 0.204. The third-order valence-corrected chi connectivity index (χ3v) is 8.13. The second-order valence-corrected chi connectivity index (χ2v) is 12.1. The van der Waals surface area contributed by atoms with Gasteiger partial charge in [-0.3, -0.25) is 9.78 Å². The molecule has 12 heteroatoms. The third-order valence-electron chi connectivity index (χ3n) is 8.13. The van der Waals surface area contributed by atoms with Crippen LogP contribution in [0, 0.1) is 5.82 Å². The van der Waals surface area contributed by atoms with Gasteiger partial charge in [-0.2, -0.15) is 10.4 Å². The van der Waals surface area contributed by atoms with Gasteiger partial charge in [-0.15, -0.1) is 0 Å². The van der Waals surface area contributed by atoms with Crippen LogP contribution in [0.3, 0.4) is 0 Å². The van der Waals surface area contributed by atoms with Gasteiger partial charge in [-0.25, -0.2) is 23.1 Å². The van der Waals surface area contributed by atoms with E-state index >= 15 is 4.39 Å². The van der Waals surface area contributed by atoms with Crippen LogP contribution in [-0.4, -0.2) is 71.7 Å². The summed E-state index contributed by atoms with van der Waals surface area (Å²) < 4.78 is 31.4. The zero-order chi connectivity index (χ0) is 33.4. The topological polar surface area (TPSA) is 84.2 Å². The zero-order valence-electron chi connectivity index (χ0n) is 26.6. The van der Waals surface area contributed by atoms with Crippen molar-refractivity contribution in [3.05, 3.63) is 93.5 Å². The van der Waals surface area contributed by atoms with Crippen LogP contribution in [0.4, 0.5) is 14.6 Å². The zero-order valence-corrected chi connectivity index (χ0v) is 26.6. The number of hydrogen-bond donors (Lipinski definition) is 0. The van der Waals surface area contributed by atoms with Crippen LogP contribution in [0.1, 0.15) is 63.3 Å². The molecule has 0 unspecified atom stereocenters. The van der Waals surface area contributed by atoms with E-state index in [1.807, 2.05) is 45.6 Å². The van der Waals surface area contributed by atoms with E-state index in [4.69, 9.17) is 20.7 Å². The fraction of sp³-hybridized carbons (Fsp3) is 0.324. The first-order valence-corrected chi connectivity index (χ1v) is 15.1. The Balaban J connectivity index is 1.84. The molecule has 5 rings (SSSR count). The van der Waals surface area contributed by atoms with E-state index in [0.717, 1.165) is 5.56 Å². The van der Waals surface area contributed by atoms with Crippen molar-refractivity contribution in [1.29, 1.82) is 0 Å². The van der Waals surface area contributed by atoms with Crippen molar-refractivity contribution in [2.45, 2.75) is 52.5 Å². The Morgan fingerprint density at radius 1 is 1.09 bits per heavy atom. The second-order valence-electron chi connectivity index (χ2n) is 12.1. The average molecular weight is 618 g/mol. The summed E-state index contributed by atoms with van der Waals surface area (Å²) in [5.74, 6) is -2.33. The number of piperazine rings is 1. The highest BCUT2D eigenvalue weighted by molar-refractivity contribution is 6.50. The summed E-state index contributed by atoms with van der Waals surface area (Å²) in [5.41, 5.74) is 2.62. The van der Waals surface area contributed by atoms with E-state index < -0.39 is 23.2 Å². The molecule has 232 valence electrons. The average Bonchev–Trinajstić information content (AvgIpc) is 3.00. The van der Waals surface area contributed by atoms with Gasteiger partial charge in [0.05, 0.1) is 32.5 Å². The minimum absolute atomic E-state index is 0.00286. The highest BCUT2D eigenvalue weighted by Crippen LogP contribution is 2.36. The first-order valence-electron chi connectivity index (χ1n) is 15.1. The van der Waals surface area contributed by atoms with E-state index in [1.54, 1.807) is 30.5 Å². The molecule has 0 aliphatic carbocycles. The summed E-state index contributed by atoms with van der Waals surface area (Å²) in [4.78, 5) is 43.8. The molecule has 4 heterocycles. The van der Waals surface area contributed by atoms with Gasteiger partial charge in [0.25, 0.3) is 5.91 Å². The number of carbonyl (C=O) groups excluding carboxylic acids is 1. The molecule has 1 saturated heterocycles. The number of hydrogen-bond acceptors (Lipinski definition) is 6.